The zero-order valence-corrected chi connectivity index (χ0v) is 12.8. The van der Waals surface area contributed by atoms with Gasteiger partial charge in [0.2, 0.25) is 5.91 Å². The SMILES string of the molecule is Cc1cc(C)c(NC(=O)CSc2ccccc2)c(C)n1. The fraction of sp³-hybridized carbons (Fsp3) is 0.250. The highest BCUT2D eigenvalue weighted by atomic mass is 32.2. The normalized spacial score (nSPS) is 10.3. The van der Waals surface area contributed by atoms with E-state index in [4.69, 9.17) is 0 Å². The van der Waals surface area contributed by atoms with E-state index in [1.54, 1.807) is 0 Å². The van der Waals surface area contributed by atoms with Gasteiger partial charge in [-0.1, -0.05) is 18.2 Å². The summed E-state index contributed by atoms with van der Waals surface area (Å²) in [6, 6.07) is 11.9. The Morgan fingerprint density at radius 2 is 1.90 bits per heavy atom. The first-order valence-electron chi connectivity index (χ1n) is 6.49. The van der Waals surface area contributed by atoms with Crippen molar-refractivity contribution >= 4 is 23.4 Å². The van der Waals surface area contributed by atoms with E-state index in [0.29, 0.717) is 5.75 Å². The van der Waals surface area contributed by atoms with Crippen LogP contribution in [0.3, 0.4) is 0 Å². The molecule has 3 nitrogen and oxygen atoms in total. The fourth-order valence-electron chi connectivity index (χ4n) is 2.05. The highest BCUT2D eigenvalue weighted by molar-refractivity contribution is 8.00. The quantitative estimate of drug-likeness (QED) is 0.871. The lowest BCUT2D eigenvalue weighted by Crippen LogP contribution is -2.16. The van der Waals surface area contributed by atoms with E-state index in [0.717, 1.165) is 27.5 Å². The Morgan fingerprint density at radius 3 is 2.55 bits per heavy atom. The van der Waals surface area contributed by atoms with Crippen LogP contribution in [0.15, 0.2) is 41.3 Å². The van der Waals surface area contributed by atoms with Crippen molar-refractivity contribution in [1.29, 1.82) is 0 Å². The minimum Gasteiger partial charge on any atom is -0.324 e. The van der Waals surface area contributed by atoms with Crippen LogP contribution in [0.1, 0.15) is 17.0 Å². The van der Waals surface area contributed by atoms with Gasteiger partial charge < -0.3 is 5.32 Å². The predicted molar refractivity (Wildman–Crippen MR) is 84.2 cm³/mol. The molecule has 0 saturated carbocycles. The molecule has 0 unspecified atom stereocenters. The Hall–Kier alpha value is -1.81. The number of aromatic nitrogens is 1. The van der Waals surface area contributed by atoms with Gasteiger partial charge in [-0.2, -0.15) is 0 Å². The number of pyridine rings is 1. The molecule has 4 heteroatoms. The van der Waals surface area contributed by atoms with Gasteiger partial charge in [-0.15, -0.1) is 11.8 Å². The van der Waals surface area contributed by atoms with Gasteiger partial charge in [0, 0.05) is 10.6 Å². The third kappa shape index (κ3) is 3.84. The Bertz CT molecular complexity index is 588. The molecule has 2 aromatic rings. The van der Waals surface area contributed by atoms with Gasteiger partial charge in [0.15, 0.2) is 0 Å². The zero-order chi connectivity index (χ0) is 14.5. The van der Waals surface area contributed by atoms with Crippen LogP contribution >= 0.6 is 11.8 Å². The molecule has 1 heterocycles. The first-order valence-corrected chi connectivity index (χ1v) is 7.47. The molecule has 0 atom stereocenters. The molecular weight excluding hydrogens is 268 g/mol. The molecule has 20 heavy (non-hydrogen) atoms. The number of hydrogen-bond donors (Lipinski definition) is 1. The van der Waals surface area contributed by atoms with Crippen molar-refractivity contribution in [1.82, 2.24) is 4.98 Å². The number of rotatable bonds is 4. The molecule has 1 aromatic heterocycles. The van der Waals surface area contributed by atoms with Crippen molar-refractivity contribution in [3.63, 3.8) is 0 Å². The summed E-state index contributed by atoms with van der Waals surface area (Å²) < 4.78 is 0. The molecular formula is C16H18N2OS. The van der Waals surface area contributed by atoms with E-state index >= 15 is 0 Å². The highest BCUT2D eigenvalue weighted by Gasteiger charge is 2.09. The van der Waals surface area contributed by atoms with E-state index in [9.17, 15) is 4.79 Å². The molecule has 0 radical (unpaired) electrons. The number of nitrogens with one attached hydrogen (secondary N) is 1. The maximum absolute atomic E-state index is 12.0. The van der Waals surface area contributed by atoms with Crippen LogP contribution in [0.4, 0.5) is 5.69 Å². The molecule has 104 valence electrons. The lowest BCUT2D eigenvalue weighted by Gasteiger charge is -2.11. The molecule has 0 bridgehead atoms. The zero-order valence-electron chi connectivity index (χ0n) is 11.9. The second-order valence-corrected chi connectivity index (χ2v) is 5.74. The lowest BCUT2D eigenvalue weighted by atomic mass is 10.1. The van der Waals surface area contributed by atoms with Crippen LogP contribution in [0.25, 0.3) is 0 Å². The summed E-state index contributed by atoms with van der Waals surface area (Å²) in [5.41, 5.74) is 3.71. The molecule has 0 saturated heterocycles. The van der Waals surface area contributed by atoms with Crippen molar-refractivity contribution < 1.29 is 4.79 Å². The summed E-state index contributed by atoms with van der Waals surface area (Å²) in [4.78, 5) is 17.5. The number of hydrogen-bond acceptors (Lipinski definition) is 3. The number of anilines is 1. The van der Waals surface area contributed by atoms with E-state index in [2.05, 4.69) is 10.3 Å². The molecule has 0 spiro atoms. The van der Waals surface area contributed by atoms with Crippen molar-refractivity contribution in [3.8, 4) is 0 Å². The van der Waals surface area contributed by atoms with E-state index in [1.165, 1.54) is 11.8 Å². The summed E-state index contributed by atoms with van der Waals surface area (Å²) in [5.74, 6) is 0.396. The second-order valence-electron chi connectivity index (χ2n) is 4.69. The van der Waals surface area contributed by atoms with Gasteiger partial charge in [0.1, 0.15) is 0 Å². The summed E-state index contributed by atoms with van der Waals surface area (Å²) >= 11 is 1.53. The van der Waals surface area contributed by atoms with Crippen molar-refractivity contribution in [2.24, 2.45) is 0 Å². The number of aryl methyl sites for hydroxylation is 3. The number of amides is 1. The Balaban J connectivity index is 1.98. The molecule has 0 aliphatic carbocycles. The average Bonchev–Trinajstić information content (AvgIpc) is 2.42. The predicted octanol–water partition coefficient (Wildman–Crippen LogP) is 3.74. The van der Waals surface area contributed by atoms with Crippen LogP contribution in [-0.4, -0.2) is 16.6 Å². The van der Waals surface area contributed by atoms with Crippen LogP contribution in [0.2, 0.25) is 0 Å². The summed E-state index contributed by atoms with van der Waals surface area (Å²) in [6.07, 6.45) is 0. The van der Waals surface area contributed by atoms with Crippen LogP contribution in [0.5, 0.6) is 0 Å². The van der Waals surface area contributed by atoms with E-state index in [1.807, 2.05) is 57.2 Å². The van der Waals surface area contributed by atoms with E-state index in [-0.39, 0.29) is 5.91 Å². The van der Waals surface area contributed by atoms with Gasteiger partial charge in [-0.25, -0.2) is 0 Å². The van der Waals surface area contributed by atoms with Crippen molar-refractivity contribution in [3.05, 3.63) is 53.3 Å². The molecule has 0 aliphatic heterocycles. The first-order chi connectivity index (χ1) is 9.56. The number of thioether (sulfide) groups is 1. The van der Waals surface area contributed by atoms with Gasteiger partial charge in [0.05, 0.1) is 17.1 Å². The fourth-order valence-corrected chi connectivity index (χ4v) is 2.77. The molecule has 1 amide bonds. The van der Waals surface area contributed by atoms with Gasteiger partial charge in [-0.05, 0) is 44.5 Å². The van der Waals surface area contributed by atoms with Crippen LogP contribution < -0.4 is 5.32 Å². The summed E-state index contributed by atoms with van der Waals surface area (Å²) in [5, 5.41) is 2.95. The van der Waals surface area contributed by atoms with Crippen LogP contribution in [-0.2, 0) is 4.79 Å². The molecule has 2 rings (SSSR count). The molecule has 1 aromatic carbocycles. The maximum atomic E-state index is 12.0. The maximum Gasteiger partial charge on any atom is 0.234 e. The molecule has 1 N–H and O–H groups in total. The lowest BCUT2D eigenvalue weighted by molar-refractivity contribution is -0.113. The largest absolute Gasteiger partial charge is 0.324 e. The second kappa shape index (κ2) is 6.57. The topological polar surface area (TPSA) is 42.0 Å². The number of carbonyl (C=O) groups excluding carboxylic acids is 1. The molecule has 0 aliphatic rings. The minimum atomic E-state index is -0.00398. The Morgan fingerprint density at radius 1 is 1.20 bits per heavy atom. The number of nitrogens with zero attached hydrogens (tertiary/aromatic N) is 1. The smallest absolute Gasteiger partial charge is 0.234 e. The number of carbonyl (C=O) groups is 1. The summed E-state index contributed by atoms with van der Waals surface area (Å²) in [7, 11) is 0. The van der Waals surface area contributed by atoms with Gasteiger partial charge in [-0.3, -0.25) is 9.78 Å². The van der Waals surface area contributed by atoms with Gasteiger partial charge >= 0.3 is 0 Å². The van der Waals surface area contributed by atoms with Crippen molar-refractivity contribution in [2.45, 2.75) is 25.7 Å². The molecule has 0 fully saturated rings. The summed E-state index contributed by atoms with van der Waals surface area (Å²) in [6.45, 7) is 5.86. The highest BCUT2D eigenvalue weighted by Crippen LogP contribution is 2.21. The third-order valence-electron chi connectivity index (χ3n) is 2.90. The Labute approximate surface area is 123 Å². The average molecular weight is 286 g/mol. The van der Waals surface area contributed by atoms with E-state index < -0.39 is 0 Å². The number of benzene rings is 1. The standard InChI is InChI=1S/C16H18N2OS/c1-11-9-12(2)17-13(3)16(11)18-15(19)10-20-14-7-5-4-6-8-14/h4-9H,10H2,1-3H3,(H,18,19). The minimum absolute atomic E-state index is 0.00398. The van der Waals surface area contributed by atoms with Crippen molar-refractivity contribution in [2.75, 3.05) is 11.1 Å². The monoisotopic (exact) mass is 286 g/mol. The Kier molecular flexibility index (Phi) is 4.79. The van der Waals surface area contributed by atoms with Crippen LogP contribution in [0, 0.1) is 20.8 Å². The van der Waals surface area contributed by atoms with Gasteiger partial charge in [0.25, 0.3) is 0 Å². The first kappa shape index (κ1) is 14.6. The third-order valence-corrected chi connectivity index (χ3v) is 3.92.